The van der Waals surface area contributed by atoms with Crippen LogP contribution in [0.5, 0.6) is 0 Å². The van der Waals surface area contributed by atoms with Gasteiger partial charge in [-0.05, 0) is 37.5 Å². The zero-order valence-corrected chi connectivity index (χ0v) is 9.09. The summed E-state index contributed by atoms with van der Waals surface area (Å²) in [6.45, 7) is 7.00. The second-order valence-electron chi connectivity index (χ2n) is 3.65. The van der Waals surface area contributed by atoms with E-state index in [9.17, 15) is 0 Å². The average molecular weight is 187 g/mol. The van der Waals surface area contributed by atoms with Crippen molar-refractivity contribution in [3.8, 4) is 12.3 Å². The van der Waals surface area contributed by atoms with E-state index in [0.29, 0.717) is 12.6 Å². The largest absolute Gasteiger partial charge is 0.300 e. The fraction of sp³-hybridized carbons (Fsp3) is 0.385. The molecule has 1 unspecified atom stereocenters. The zero-order valence-electron chi connectivity index (χ0n) is 9.09. The van der Waals surface area contributed by atoms with Gasteiger partial charge in [0.25, 0.3) is 0 Å². The van der Waals surface area contributed by atoms with Gasteiger partial charge in [0.05, 0.1) is 6.54 Å². The van der Waals surface area contributed by atoms with Crippen LogP contribution in [0.2, 0.25) is 0 Å². The number of aryl methyl sites for hydroxylation is 2. The quantitative estimate of drug-likeness (QED) is 0.717. The predicted octanol–water partition coefficient (Wildman–Crippen LogP) is 2.59. The molecule has 0 saturated carbocycles. The van der Waals surface area contributed by atoms with Crippen molar-refractivity contribution in [2.75, 3.05) is 6.54 Å². The summed E-state index contributed by atoms with van der Waals surface area (Å²) in [6, 6.07) is 6.84. The number of nitrogens with one attached hydrogen (secondary N) is 1. The number of hydrogen-bond donors (Lipinski definition) is 1. The van der Waals surface area contributed by atoms with Crippen LogP contribution in [0.1, 0.15) is 29.7 Å². The van der Waals surface area contributed by atoms with Gasteiger partial charge in [-0.1, -0.05) is 24.1 Å². The Bertz CT molecular complexity index is 347. The summed E-state index contributed by atoms with van der Waals surface area (Å²) in [5, 5.41) is 3.26. The Morgan fingerprint density at radius 3 is 2.64 bits per heavy atom. The first-order valence-electron chi connectivity index (χ1n) is 4.89. The molecule has 0 spiro atoms. The number of rotatable bonds is 3. The first kappa shape index (κ1) is 10.8. The first-order chi connectivity index (χ1) is 6.65. The SMILES string of the molecule is C#CCNC(C)c1ccc(C)c(C)c1. The summed E-state index contributed by atoms with van der Waals surface area (Å²) >= 11 is 0. The molecular weight excluding hydrogens is 170 g/mol. The van der Waals surface area contributed by atoms with Gasteiger partial charge in [0, 0.05) is 6.04 Å². The van der Waals surface area contributed by atoms with Crippen LogP contribution in [0.3, 0.4) is 0 Å². The summed E-state index contributed by atoms with van der Waals surface area (Å²) in [7, 11) is 0. The molecule has 0 aromatic heterocycles. The first-order valence-corrected chi connectivity index (χ1v) is 4.89. The lowest BCUT2D eigenvalue weighted by Gasteiger charge is -2.13. The topological polar surface area (TPSA) is 12.0 Å². The van der Waals surface area contributed by atoms with Crippen molar-refractivity contribution in [3.05, 3.63) is 34.9 Å². The molecule has 1 atom stereocenters. The molecule has 1 N–H and O–H groups in total. The van der Waals surface area contributed by atoms with E-state index >= 15 is 0 Å². The maximum Gasteiger partial charge on any atom is 0.0578 e. The van der Waals surface area contributed by atoms with Crippen molar-refractivity contribution in [1.29, 1.82) is 0 Å². The van der Waals surface area contributed by atoms with Crippen LogP contribution in [0.15, 0.2) is 18.2 Å². The molecule has 0 aliphatic heterocycles. The van der Waals surface area contributed by atoms with Crippen molar-refractivity contribution in [2.45, 2.75) is 26.8 Å². The third kappa shape index (κ3) is 2.61. The van der Waals surface area contributed by atoms with Gasteiger partial charge in [0.2, 0.25) is 0 Å². The summed E-state index contributed by atoms with van der Waals surface area (Å²) in [5.41, 5.74) is 3.96. The zero-order chi connectivity index (χ0) is 10.6. The summed E-state index contributed by atoms with van der Waals surface area (Å²) in [5.74, 6) is 2.58. The molecule has 0 radical (unpaired) electrons. The number of terminal acetylenes is 1. The highest BCUT2D eigenvalue weighted by molar-refractivity contribution is 5.31. The Labute approximate surface area is 86.5 Å². The monoisotopic (exact) mass is 187 g/mol. The minimum Gasteiger partial charge on any atom is -0.300 e. The predicted molar refractivity (Wildman–Crippen MR) is 61.2 cm³/mol. The third-order valence-electron chi connectivity index (χ3n) is 2.54. The fourth-order valence-electron chi connectivity index (χ4n) is 1.36. The molecule has 0 amide bonds. The summed E-state index contributed by atoms with van der Waals surface area (Å²) < 4.78 is 0. The van der Waals surface area contributed by atoms with E-state index in [4.69, 9.17) is 6.42 Å². The van der Waals surface area contributed by atoms with Crippen molar-refractivity contribution in [2.24, 2.45) is 0 Å². The van der Waals surface area contributed by atoms with Gasteiger partial charge in [-0.3, -0.25) is 5.32 Å². The molecule has 0 heterocycles. The Morgan fingerprint density at radius 2 is 2.07 bits per heavy atom. The van der Waals surface area contributed by atoms with Crippen molar-refractivity contribution in [1.82, 2.24) is 5.32 Å². The minimum absolute atomic E-state index is 0.324. The Hall–Kier alpha value is -1.26. The molecular formula is C13H17N. The van der Waals surface area contributed by atoms with Gasteiger partial charge in [-0.15, -0.1) is 6.42 Å². The lowest BCUT2D eigenvalue weighted by molar-refractivity contribution is 0.623. The molecule has 0 aliphatic rings. The molecule has 1 nitrogen and oxygen atoms in total. The molecule has 1 aromatic rings. The molecule has 0 saturated heterocycles. The highest BCUT2D eigenvalue weighted by Gasteiger charge is 2.04. The van der Waals surface area contributed by atoms with Crippen molar-refractivity contribution in [3.63, 3.8) is 0 Å². The highest BCUT2D eigenvalue weighted by Crippen LogP contribution is 2.16. The molecule has 0 aliphatic carbocycles. The van der Waals surface area contributed by atoms with Crippen molar-refractivity contribution >= 4 is 0 Å². The van der Waals surface area contributed by atoms with Gasteiger partial charge in [0.1, 0.15) is 0 Å². The van der Waals surface area contributed by atoms with Crippen LogP contribution in [0.25, 0.3) is 0 Å². The lowest BCUT2D eigenvalue weighted by Crippen LogP contribution is -2.18. The molecule has 14 heavy (non-hydrogen) atoms. The normalized spacial score (nSPS) is 12.1. The lowest BCUT2D eigenvalue weighted by atomic mass is 10.0. The van der Waals surface area contributed by atoms with Gasteiger partial charge < -0.3 is 0 Å². The summed E-state index contributed by atoms with van der Waals surface area (Å²) in [6.07, 6.45) is 5.20. The number of benzene rings is 1. The molecule has 0 bridgehead atoms. The average Bonchev–Trinajstić information content (AvgIpc) is 2.18. The van der Waals surface area contributed by atoms with E-state index in [0.717, 1.165) is 0 Å². The molecule has 1 heteroatoms. The van der Waals surface area contributed by atoms with E-state index in [-0.39, 0.29) is 0 Å². The minimum atomic E-state index is 0.324. The number of hydrogen-bond acceptors (Lipinski definition) is 1. The molecule has 1 rings (SSSR count). The summed E-state index contributed by atoms with van der Waals surface area (Å²) in [4.78, 5) is 0. The fourth-order valence-corrected chi connectivity index (χ4v) is 1.36. The van der Waals surface area contributed by atoms with E-state index in [1.54, 1.807) is 0 Å². The van der Waals surface area contributed by atoms with E-state index in [1.807, 2.05) is 0 Å². The van der Waals surface area contributed by atoms with Gasteiger partial charge in [0.15, 0.2) is 0 Å². The third-order valence-corrected chi connectivity index (χ3v) is 2.54. The van der Waals surface area contributed by atoms with Crippen LogP contribution in [-0.4, -0.2) is 6.54 Å². The van der Waals surface area contributed by atoms with Crippen LogP contribution in [-0.2, 0) is 0 Å². The van der Waals surface area contributed by atoms with Crippen LogP contribution >= 0.6 is 0 Å². The van der Waals surface area contributed by atoms with Gasteiger partial charge in [-0.25, -0.2) is 0 Å². The van der Waals surface area contributed by atoms with Gasteiger partial charge >= 0.3 is 0 Å². The van der Waals surface area contributed by atoms with Crippen LogP contribution < -0.4 is 5.32 Å². The maximum absolute atomic E-state index is 5.20. The molecule has 1 aromatic carbocycles. The smallest absolute Gasteiger partial charge is 0.0578 e. The molecule has 74 valence electrons. The Balaban J connectivity index is 2.76. The van der Waals surface area contributed by atoms with Crippen molar-refractivity contribution < 1.29 is 0 Å². The second kappa shape index (κ2) is 4.83. The van der Waals surface area contributed by atoms with E-state index < -0.39 is 0 Å². The van der Waals surface area contributed by atoms with Crippen LogP contribution in [0, 0.1) is 26.2 Å². The second-order valence-corrected chi connectivity index (χ2v) is 3.65. The standard InChI is InChI=1S/C13H17N/c1-5-8-14-12(4)13-7-6-10(2)11(3)9-13/h1,6-7,9,12,14H,8H2,2-4H3. The Morgan fingerprint density at radius 1 is 1.36 bits per heavy atom. The Kier molecular flexibility index (Phi) is 3.73. The molecule has 0 fully saturated rings. The maximum atomic E-state index is 5.20. The van der Waals surface area contributed by atoms with E-state index in [2.05, 4.69) is 50.2 Å². The van der Waals surface area contributed by atoms with Gasteiger partial charge in [-0.2, -0.15) is 0 Å². The van der Waals surface area contributed by atoms with Crippen LogP contribution in [0.4, 0.5) is 0 Å². The van der Waals surface area contributed by atoms with E-state index in [1.165, 1.54) is 16.7 Å². The highest BCUT2D eigenvalue weighted by atomic mass is 14.9.